The average molecular weight is 231 g/mol. The summed E-state index contributed by atoms with van der Waals surface area (Å²) in [5.74, 6) is 0. The Morgan fingerprint density at radius 3 is 2.69 bits per heavy atom. The second-order valence-electron chi connectivity index (χ2n) is 3.78. The highest BCUT2D eigenvalue weighted by atomic mass is 19.3. The quantitative estimate of drug-likeness (QED) is 0.781. The van der Waals surface area contributed by atoms with Gasteiger partial charge in [0.25, 0.3) is 6.43 Å². The van der Waals surface area contributed by atoms with Crippen molar-refractivity contribution in [2.75, 3.05) is 6.54 Å². The summed E-state index contributed by atoms with van der Waals surface area (Å²) in [7, 11) is 0. The number of hydrogen-bond donors (Lipinski definition) is 1. The van der Waals surface area contributed by atoms with E-state index in [1.807, 2.05) is 13.8 Å². The van der Waals surface area contributed by atoms with Gasteiger partial charge in [0.2, 0.25) is 0 Å². The van der Waals surface area contributed by atoms with Gasteiger partial charge in [-0.25, -0.2) is 13.8 Å². The lowest BCUT2D eigenvalue weighted by Gasteiger charge is -2.19. The molecule has 5 heteroatoms. The van der Waals surface area contributed by atoms with Gasteiger partial charge in [-0.3, -0.25) is 0 Å². The van der Waals surface area contributed by atoms with Crippen LogP contribution in [0.1, 0.15) is 38.4 Å². The van der Waals surface area contributed by atoms with Gasteiger partial charge >= 0.3 is 0 Å². The standard InChI is InChI=1S/C11H19F2N3/c1-3-5-15-10(11(12)13)9-7-14-8-16(9)6-4-2/h7-8,10-11,15H,3-6H2,1-2H3. The number of nitrogens with zero attached hydrogens (tertiary/aromatic N) is 2. The molecule has 1 unspecified atom stereocenters. The molecule has 0 bridgehead atoms. The van der Waals surface area contributed by atoms with Crippen LogP contribution in [0.3, 0.4) is 0 Å². The highest BCUT2D eigenvalue weighted by Gasteiger charge is 2.24. The monoisotopic (exact) mass is 231 g/mol. The topological polar surface area (TPSA) is 29.9 Å². The third kappa shape index (κ3) is 3.27. The van der Waals surface area contributed by atoms with Crippen LogP contribution >= 0.6 is 0 Å². The number of nitrogens with one attached hydrogen (secondary N) is 1. The maximum atomic E-state index is 12.9. The van der Waals surface area contributed by atoms with Crippen LogP contribution in [-0.4, -0.2) is 22.5 Å². The Balaban J connectivity index is 2.78. The Hall–Kier alpha value is -0.970. The third-order valence-electron chi connectivity index (χ3n) is 2.39. The van der Waals surface area contributed by atoms with Gasteiger partial charge in [-0.05, 0) is 19.4 Å². The summed E-state index contributed by atoms with van der Waals surface area (Å²) in [4.78, 5) is 3.94. The molecule has 16 heavy (non-hydrogen) atoms. The smallest absolute Gasteiger partial charge is 0.259 e. The molecule has 0 aliphatic heterocycles. The predicted octanol–water partition coefficient (Wildman–Crippen LogP) is 2.60. The first-order valence-corrected chi connectivity index (χ1v) is 5.72. The van der Waals surface area contributed by atoms with Gasteiger partial charge in [0.05, 0.1) is 12.0 Å². The van der Waals surface area contributed by atoms with E-state index in [0.717, 1.165) is 19.4 Å². The van der Waals surface area contributed by atoms with E-state index < -0.39 is 12.5 Å². The van der Waals surface area contributed by atoms with Gasteiger partial charge < -0.3 is 9.88 Å². The number of hydrogen-bond acceptors (Lipinski definition) is 2. The fraction of sp³-hybridized carbons (Fsp3) is 0.727. The van der Waals surface area contributed by atoms with Crippen molar-refractivity contribution in [1.82, 2.24) is 14.9 Å². The molecule has 3 nitrogen and oxygen atoms in total. The average Bonchev–Trinajstić information content (AvgIpc) is 2.67. The largest absolute Gasteiger partial charge is 0.333 e. The molecule has 92 valence electrons. The van der Waals surface area contributed by atoms with E-state index in [1.54, 1.807) is 10.9 Å². The summed E-state index contributed by atoms with van der Waals surface area (Å²) in [6.45, 7) is 5.29. The zero-order chi connectivity index (χ0) is 12.0. The number of imidazole rings is 1. The van der Waals surface area contributed by atoms with E-state index in [9.17, 15) is 8.78 Å². The molecule has 0 radical (unpaired) electrons. The van der Waals surface area contributed by atoms with Crippen LogP contribution < -0.4 is 5.32 Å². The van der Waals surface area contributed by atoms with Crippen LogP contribution in [0, 0.1) is 0 Å². The fourth-order valence-corrected chi connectivity index (χ4v) is 1.64. The molecule has 0 saturated heterocycles. The van der Waals surface area contributed by atoms with E-state index in [0.29, 0.717) is 12.2 Å². The zero-order valence-corrected chi connectivity index (χ0v) is 9.79. The van der Waals surface area contributed by atoms with Gasteiger partial charge in [-0.1, -0.05) is 13.8 Å². The van der Waals surface area contributed by atoms with Crippen molar-refractivity contribution < 1.29 is 8.78 Å². The van der Waals surface area contributed by atoms with Gasteiger partial charge in [0.1, 0.15) is 6.04 Å². The second-order valence-corrected chi connectivity index (χ2v) is 3.78. The number of rotatable bonds is 7. The van der Waals surface area contributed by atoms with Crippen LogP contribution in [-0.2, 0) is 6.54 Å². The first kappa shape index (κ1) is 13.1. The fourth-order valence-electron chi connectivity index (χ4n) is 1.64. The highest BCUT2D eigenvalue weighted by Crippen LogP contribution is 2.20. The molecular weight excluding hydrogens is 212 g/mol. The SMILES string of the molecule is CCCNC(c1cncn1CCC)C(F)F. The van der Waals surface area contributed by atoms with Crippen LogP contribution in [0.2, 0.25) is 0 Å². The van der Waals surface area contributed by atoms with Crippen LogP contribution in [0.5, 0.6) is 0 Å². The Labute approximate surface area is 94.9 Å². The summed E-state index contributed by atoms with van der Waals surface area (Å²) in [5, 5.41) is 2.86. The van der Waals surface area contributed by atoms with Crippen LogP contribution in [0.15, 0.2) is 12.5 Å². The molecule has 1 rings (SSSR count). The maximum absolute atomic E-state index is 12.9. The summed E-state index contributed by atoms with van der Waals surface area (Å²) in [6.07, 6.45) is 2.48. The van der Waals surface area contributed by atoms with Crippen molar-refractivity contribution in [3.8, 4) is 0 Å². The third-order valence-corrected chi connectivity index (χ3v) is 2.39. The maximum Gasteiger partial charge on any atom is 0.259 e. The van der Waals surface area contributed by atoms with Gasteiger partial charge in [0, 0.05) is 12.7 Å². The summed E-state index contributed by atoms with van der Waals surface area (Å²) in [5.41, 5.74) is 0.574. The molecule has 0 aliphatic carbocycles. The molecule has 1 N–H and O–H groups in total. The summed E-state index contributed by atoms with van der Waals surface area (Å²) >= 11 is 0. The van der Waals surface area contributed by atoms with E-state index in [-0.39, 0.29) is 0 Å². The minimum atomic E-state index is -2.40. The minimum Gasteiger partial charge on any atom is -0.333 e. The number of aromatic nitrogens is 2. The van der Waals surface area contributed by atoms with Crippen molar-refractivity contribution in [2.45, 2.75) is 45.7 Å². The summed E-state index contributed by atoms with van der Waals surface area (Å²) < 4.78 is 27.6. The Morgan fingerprint density at radius 1 is 1.38 bits per heavy atom. The number of alkyl halides is 2. The molecule has 1 atom stereocenters. The Morgan fingerprint density at radius 2 is 2.12 bits per heavy atom. The van der Waals surface area contributed by atoms with E-state index in [2.05, 4.69) is 10.3 Å². The molecule has 0 amide bonds. The highest BCUT2D eigenvalue weighted by molar-refractivity contribution is 5.06. The van der Waals surface area contributed by atoms with Crippen molar-refractivity contribution in [3.05, 3.63) is 18.2 Å². The number of halogens is 2. The zero-order valence-electron chi connectivity index (χ0n) is 9.79. The minimum absolute atomic E-state index is 0.574. The molecule has 0 fully saturated rings. The van der Waals surface area contributed by atoms with Crippen molar-refractivity contribution >= 4 is 0 Å². The van der Waals surface area contributed by atoms with E-state index in [4.69, 9.17) is 0 Å². The van der Waals surface area contributed by atoms with Crippen molar-refractivity contribution in [3.63, 3.8) is 0 Å². The molecule has 0 saturated carbocycles. The molecule has 0 aliphatic rings. The molecule has 1 aromatic heterocycles. The van der Waals surface area contributed by atoms with E-state index >= 15 is 0 Å². The lowest BCUT2D eigenvalue weighted by molar-refractivity contribution is 0.0948. The molecule has 0 aromatic carbocycles. The lowest BCUT2D eigenvalue weighted by atomic mass is 10.2. The van der Waals surface area contributed by atoms with Crippen LogP contribution in [0.25, 0.3) is 0 Å². The van der Waals surface area contributed by atoms with Crippen molar-refractivity contribution in [1.29, 1.82) is 0 Å². The molecular formula is C11H19F2N3. The first-order chi connectivity index (χ1) is 7.70. The second kappa shape index (κ2) is 6.58. The summed E-state index contributed by atoms with van der Waals surface area (Å²) in [6, 6.07) is -0.908. The van der Waals surface area contributed by atoms with Crippen molar-refractivity contribution in [2.24, 2.45) is 0 Å². The molecule has 1 heterocycles. The number of aryl methyl sites for hydroxylation is 1. The van der Waals surface area contributed by atoms with Gasteiger partial charge in [-0.15, -0.1) is 0 Å². The van der Waals surface area contributed by atoms with Gasteiger partial charge in [-0.2, -0.15) is 0 Å². The van der Waals surface area contributed by atoms with Crippen LogP contribution in [0.4, 0.5) is 8.78 Å². The first-order valence-electron chi connectivity index (χ1n) is 5.72. The van der Waals surface area contributed by atoms with Gasteiger partial charge in [0.15, 0.2) is 0 Å². The van der Waals surface area contributed by atoms with E-state index in [1.165, 1.54) is 6.20 Å². The molecule has 1 aromatic rings. The predicted molar refractivity (Wildman–Crippen MR) is 59.6 cm³/mol. The Kier molecular flexibility index (Phi) is 5.38. The Bertz CT molecular complexity index is 299. The molecule has 0 spiro atoms. The normalized spacial score (nSPS) is 13.3. The lowest BCUT2D eigenvalue weighted by Crippen LogP contribution is -2.30.